The number of hydrogen-bond acceptors (Lipinski definition) is 6. The highest BCUT2D eigenvalue weighted by Gasteiger charge is 2.11. The van der Waals surface area contributed by atoms with Gasteiger partial charge in [0.15, 0.2) is 11.0 Å². The molecule has 2 heterocycles. The highest BCUT2D eigenvalue weighted by atomic mass is 35.5. The van der Waals surface area contributed by atoms with Crippen LogP contribution in [0.1, 0.15) is 18.8 Å². The van der Waals surface area contributed by atoms with Crippen LogP contribution < -0.4 is 5.32 Å². The van der Waals surface area contributed by atoms with E-state index in [1.54, 1.807) is 5.38 Å². The summed E-state index contributed by atoms with van der Waals surface area (Å²) in [4.78, 5) is 4.05. The summed E-state index contributed by atoms with van der Waals surface area (Å²) < 4.78 is 0. The Balaban J connectivity index is 2.05. The Labute approximate surface area is 88.7 Å². The second kappa shape index (κ2) is 3.89. The molecule has 0 aromatic carbocycles. The summed E-state index contributed by atoms with van der Waals surface area (Å²) in [5.74, 6) is 0.594. The van der Waals surface area contributed by atoms with E-state index in [1.807, 2.05) is 6.92 Å². The van der Waals surface area contributed by atoms with Gasteiger partial charge in [-0.15, -0.1) is 21.5 Å². The zero-order valence-electron chi connectivity index (χ0n) is 7.23. The fourth-order valence-electron chi connectivity index (χ4n) is 0.923. The number of H-pyrrole nitrogens is 1. The van der Waals surface area contributed by atoms with Crippen molar-refractivity contribution in [2.75, 3.05) is 5.32 Å². The van der Waals surface area contributed by atoms with E-state index in [4.69, 9.17) is 11.6 Å². The molecule has 6 nitrogen and oxygen atoms in total. The third-order valence-electron chi connectivity index (χ3n) is 1.57. The van der Waals surface area contributed by atoms with Crippen molar-refractivity contribution >= 4 is 28.1 Å². The minimum absolute atomic E-state index is 0.0454. The first-order valence-corrected chi connectivity index (χ1v) is 5.12. The molecule has 0 amide bonds. The number of nitrogens with one attached hydrogen (secondary N) is 2. The molecule has 1 atom stereocenters. The quantitative estimate of drug-likeness (QED) is 0.835. The van der Waals surface area contributed by atoms with Crippen molar-refractivity contribution < 1.29 is 0 Å². The monoisotopic (exact) mass is 230 g/mol. The zero-order chi connectivity index (χ0) is 9.97. The highest BCUT2D eigenvalue weighted by Crippen LogP contribution is 2.22. The summed E-state index contributed by atoms with van der Waals surface area (Å²) in [7, 11) is 0. The molecule has 0 bridgehead atoms. The second-order valence-corrected chi connectivity index (χ2v) is 3.86. The van der Waals surface area contributed by atoms with Crippen LogP contribution in [0.5, 0.6) is 0 Å². The Morgan fingerprint density at radius 3 is 3.07 bits per heavy atom. The highest BCUT2D eigenvalue weighted by molar-refractivity contribution is 7.14. The van der Waals surface area contributed by atoms with E-state index in [0.717, 1.165) is 5.13 Å². The lowest BCUT2D eigenvalue weighted by Gasteiger charge is -2.06. The fourth-order valence-corrected chi connectivity index (χ4v) is 1.85. The van der Waals surface area contributed by atoms with Crippen LogP contribution in [0.4, 0.5) is 5.13 Å². The molecule has 0 saturated heterocycles. The predicted octanol–water partition coefficient (Wildman–Crippen LogP) is 1.48. The van der Waals surface area contributed by atoms with Gasteiger partial charge in [0.2, 0.25) is 0 Å². The van der Waals surface area contributed by atoms with Crippen LogP contribution >= 0.6 is 22.9 Å². The zero-order valence-corrected chi connectivity index (χ0v) is 8.80. The predicted molar refractivity (Wildman–Crippen MR) is 53.3 cm³/mol. The normalized spacial score (nSPS) is 12.7. The van der Waals surface area contributed by atoms with Crippen molar-refractivity contribution in [3.63, 3.8) is 0 Å². The Morgan fingerprint density at radius 2 is 2.50 bits per heavy atom. The molecule has 0 aliphatic heterocycles. The molecular formula is C6H7ClN6S. The largest absolute Gasteiger partial charge is 0.352 e. The Hall–Kier alpha value is -1.21. The van der Waals surface area contributed by atoms with Gasteiger partial charge in [-0.2, -0.15) is 5.21 Å². The van der Waals surface area contributed by atoms with E-state index >= 15 is 0 Å². The SMILES string of the molecule is CC(Nc1nc(Cl)cs1)c1nn[nH]n1. The van der Waals surface area contributed by atoms with Crippen molar-refractivity contribution in [2.24, 2.45) is 0 Å². The van der Waals surface area contributed by atoms with Gasteiger partial charge in [-0.05, 0) is 6.92 Å². The van der Waals surface area contributed by atoms with Crippen LogP contribution in [0.15, 0.2) is 5.38 Å². The van der Waals surface area contributed by atoms with Crippen LogP contribution in [0.25, 0.3) is 0 Å². The van der Waals surface area contributed by atoms with E-state index in [1.165, 1.54) is 11.3 Å². The van der Waals surface area contributed by atoms with Crippen molar-refractivity contribution in [1.82, 2.24) is 25.6 Å². The molecule has 8 heteroatoms. The molecule has 0 aliphatic rings. The second-order valence-electron chi connectivity index (χ2n) is 2.61. The maximum Gasteiger partial charge on any atom is 0.196 e. The minimum atomic E-state index is -0.0454. The third kappa shape index (κ3) is 1.99. The van der Waals surface area contributed by atoms with Gasteiger partial charge < -0.3 is 5.32 Å². The third-order valence-corrected chi connectivity index (χ3v) is 2.66. The number of hydrogen-bond donors (Lipinski definition) is 2. The molecule has 14 heavy (non-hydrogen) atoms. The molecular weight excluding hydrogens is 224 g/mol. The number of nitrogens with zero attached hydrogens (tertiary/aromatic N) is 4. The molecule has 0 fully saturated rings. The van der Waals surface area contributed by atoms with Gasteiger partial charge in [0, 0.05) is 5.38 Å². The van der Waals surface area contributed by atoms with Gasteiger partial charge in [0.1, 0.15) is 5.15 Å². The van der Waals surface area contributed by atoms with Crippen LogP contribution in [-0.4, -0.2) is 25.6 Å². The number of anilines is 1. The number of halogens is 1. The van der Waals surface area contributed by atoms with Crippen molar-refractivity contribution in [3.8, 4) is 0 Å². The van der Waals surface area contributed by atoms with Gasteiger partial charge in [0.05, 0.1) is 6.04 Å². The van der Waals surface area contributed by atoms with Gasteiger partial charge in [-0.3, -0.25) is 0 Å². The van der Waals surface area contributed by atoms with Gasteiger partial charge in [0.25, 0.3) is 0 Å². The maximum atomic E-state index is 5.68. The molecule has 0 aliphatic carbocycles. The molecule has 2 rings (SSSR count). The summed E-state index contributed by atoms with van der Waals surface area (Å²) in [5.41, 5.74) is 0. The van der Waals surface area contributed by atoms with E-state index in [0.29, 0.717) is 11.0 Å². The first-order valence-electron chi connectivity index (χ1n) is 3.86. The summed E-state index contributed by atoms with van der Waals surface area (Å²) in [6.07, 6.45) is 0. The van der Waals surface area contributed by atoms with E-state index < -0.39 is 0 Å². The van der Waals surface area contributed by atoms with Crippen LogP contribution in [0.3, 0.4) is 0 Å². The van der Waals surface area contributed by atoms with E-state index in [-0.39, 0.29) is 6.04 Å². The molecule has 2 N–H and O–H groups in total. The van der Waals surface area contributed by atoms with Crippen molar-refractivity contribution in [1.29, 1.82) is 0 Å². The molecule has 2 aromatic rings. The lowest BCUT2D eigenvalue weighted by molar-refractivity contribution is 0.792. The molecule has 1 unspecified atom stereocenters. The van der Waals surface area contributed by atoms with Crippen LogP contribution in [-0.2, 0) is 0 Å². The van der Waals surface area contributed by atoms with Crippen molar-refractivity contribution in [3.05, 3.63) is 16.4 Å². The minimum Gasteiger partial charge on any atom is -0.352 e. The molecule has 0 radical (unpaired) electrons. The smallest absolute Gasteiger partial charge is 0.196 e. The first kappa shape index (κ1) is 9.35. The molecule has 2 aromatic heterocycles. The number of rotatable bonds is 3. The summed E-state index contributed by atoms with van der Waals surface area (Å²) in [6.45, 7) is 1.92. The van der Waals surface area contributed by atoms with E-state index in [9.17, 15) is 0 Å². The average molecular weight is 231 g/mol. The average Bonchev–Trinajstić information content (AvgIpc) is 2.75. The Bertz CT molecular complexity index is 398. The maximum absolute atomic E-state index is 5.68. The first-order chi connectivity index (χ1) is 6.75. The summed E-state index contributed by atoms with van der Waals surface area (Å²) in [5, 5.41) is 19.7. The van der Waals surface area contributed by atoms with E-state index in [2.05, 4.69) is 30.9 Å². The molecule has 0 spiro atoms. The molecule has 0 saturated carbocycles. The lowest BCUT2D eigenvalue weighted by atomic mass is 10.3. The van der Waals surface area contributed by atoms with Gasteiger partial charge in [-0.1, -0.05) is 16.8 Å². The number of aromatic nitrogens is 5. The van der Waals surface area contributed by atoms with Crippen LogP contribution in [0, 0.1) is 0 Å². The fraction of sp³-hybridized carbons (Fsp3) is 0.333. The summed E-state index contributed by atoms with van der Waals surface area (Å²) >= 11 is 7.11. The Kier molecular flexibility index (Phi) is 2.60. The topological polar surface area (TPSA) is 79.4 Å². The van der Waals surface area contributed by atoms with Gasteiger partial charge in [-0.25, -0.2) is 4.98 Å². The van der Waals surface area contributed by atoms with Gasteiger partial charge >= 0.3 is 0 Å². The lowest BCUT2D eigenvalue weighted by Crippen LogP contribution is -2.08. The number of tetrazole rings is 1. The molecule has 74 valence electrons. The Morgan fingerprint density at radius 1 is 1.64 bits per heavy atom. The standard InChI is InChI=1S/C6H7ClN6S/c1-3(5-10-12-13-11-5)8-6-9-4(7)2-14-6/h2-3H,1H3,(H,8,9)(H,10,11,12,13). The van der Waals surface area contributed by atoms with Crippen molar-refractivity contribution in [2.45, 2.75) is 13.0 Å². The number of thiazole rings is 1. The van der Waals surface area contributed by atoms with Crippen LogP contribution in [0.2, 0.25) is 5.15 Å². The number of aromatic amines is 1. The summed E-state index contributed by atoms with van der Waals surface area (Å²) in [6, 6.07) is -0.0454.